The number of quaternary nitrogens is 1. The van der Waals surface area contributed by atoms with E-state index in [9.17, 15) is 9.18 Å². The van der Waals surface area contributed by atoms with E-state index in [4.69, 9.17) is 16.3 Å². The van der Waals surface area contributed by atoms with E-state index in [2.05, 4.69) is 7.05 Å². The van der Waals surface area contributed by atoms with Gasteiger partial charge in [0.1, 0.15) is 11.6 Å². The first kappa shape index (κ1) is 15.1. The minimum absolute atomic E-state index is 0.0555. The lowest BCUT2D eigenvalue weighted by atomic mass is 10.3. The van der Waals surface area contributed by atoms with Gasteiger partial charge in [0.05, 0.1) is 31.7 Å². The fraction of sp³-hybridized carbons (Fsp3) is 0.500. The van der Waals surface area contributed by atoms with Gasteiger partial charge >= 0.3 is 0 Å². The van der Waals surface area contributed by atoms with E-state index < -0.39 is 5.82 Å². The molecule has 6 heteroatoms. The van der Waals surface area contributed by atoms with Crippen LogP contribution in [0.3, 0.4) is 0 Å². The molecule has 4 nitrogen and oxygen atoms in total. The van der Waals surface area contributed by atoms with Crippen molar-refractivity contribution in [2.24, 2.45) is 0 Å². The van der Waals surface area contributed by atoms with Gasteiger partial charge in [0.2, 0.25) is 0 Å². The van der Waals surface area contributed by atoms with Crippen molar-refractivity contribution < 1.29 is 18.8 Å². The van der Waals surface area contributed by atoms with Crippen molar-refractivity contribution in [2.45, 2.75) is 6.42 Å². The summed E-state index contributed by atoms with van der Waals surface area (Å²) in [6, 6.07) is 3.87. The fourth-order valence-electron chi connectivity index (χ4n) is 2.21. The van der Waals surface area contributed by atoms with Gasteiger partial charge in [0.25, 0.3) is 5.91 Å². The third kappa shape index (κ3) is 4.08. The van der Waals surface area contributed by atoms with Crippen molar-refractivity contribution >= 4 is 17.5 Å². The molecule has 1 saturated heterocycles. The maximum atomic E-state index is 12.9. The lowest BCUT2D eigenvalue weighted by Crippen LogP contribution is -3.09. The second kappa shape index (κ2) is 6.90. The van der Waals surface area contributed by atoms with Gasteiger partial charge in [-0.2, -0.15) is 0 Å². The molecule has 1 unspecified atom stereocenters. The van der Waals surface area contributed by atoms with Crippen LogP contribution in [0.1, 0.15) is 6.42 Å². The molecule has 0 spiro atoms. The number of amides is 1. The van der Waals surface area contributed by atoms with Crippen LogP contribution in [-0.2, 0) is 4.79 Å². The highest BCUT2D eigenvalue weighted by Gasteiger charge is 2.19. The molecular formula is C14H19ClFN2O2+. The summed E-state index contributed by atoms with van der Waals surface area (Å²) in [6.45, 7) is 3.46. The van der Waals surface area contributed by atoms with E-state index in [0.29, 0.717) is 5.75 Å². The average Bonchev–Trinajstić information content (AvgIpc) is 2.62. The second-order valence-electron chi connectivity index (χ2n) is 5.05. The molecule has 110 valence electrons. The summed E-state index contributed by atoms with van der Waals surface area (Å²) < 4.78 is 18.3. The Hall–Kier alpha value is -1.33. The number of benzene rings is 1. The van der Waals surface area contributed by atoms with Gasteiger partial charge in [-0.05, 0) is 18.2 Å². The lowest BCUT2D eigenvalue weighted by Gasteiger charge is -2.19. The predicted octanol–water partition coefficient (Wildman–Crippen LogP) is 0.605. The fourth-order valence-corrected chi connectivity index (χ4v) is 2.43. The zero-order chi connectivity index (χ0) is 14.5. The largest absolute Gasteiger partial charge is 0.482 e. The number of hydrogen-bond donors (Lipinski definition) is 1. The Balaban J connectivity index is 1.88. The third-order valence-corrected chi connectivity index (χ3v) is 3.73. The minimum Gasteiger partial charge on any atom is -0.482 e. The quantitative estimate of drug-likeness (QED) is 0.887. The molecule has 0 bridgehead atoms. The van der Waals surface area contributed by atoms with Crippen molar-refractivity contribution in [3.05, 3.63) is 29.0 Å². The predicted molar refractivity (Wildman–Crippen MR) is 74.7 cm³/mol. The highest BCUT2D eigenvalue weighted by atomic mass is 35.5. The van der Waals surface area contributed by atoms with Gasteiger partial charge in [0, 0.05) is 13.0 Å². The smallest absolute Gasteiger partial charge is 0.260 e. The lowest BCUT2D eigenvalue weighted by molar-refractivity contribution is -0.877. The zero-order valence-corrected chi connectivity index (χ0v) is 12.3. The van der Waals surface area contributed by atoms with Crippen LogP contribution >= 0.6 is 11.6 Å². The summed E-state index contributed by atoms with van der Waals surface area (Å²) in [5.74, 6) is -0.147. The normalized spacial score (nSPS) is 19.6. The molecule has 0 saturated carbocycles. The molecule has 0 aliphatic carbocycles. The molecule has 1 amide bonds. The van der Waals surface area contributed by atoms with E-state index in [0.717, 1.165) is 32.6 Å². The number of nitrogens with zero attached hydrogens (tertiary/aromatic N) is 1. The number of carbonyl (C=O) groups excluding carboxylic acids is 1. The Kier molecular flexibility index (Phi) is 5.20. The SMILES string of the molecule is C[NH+]1CCCN(C(=O)COc2ccc(F)cc2Cl)CC1. The van der Waals surface area contributed by atoms with E-state index >= 15 is 0 Å². The molecule has 1 N–H and O–H groups in total. The van der Waals surface area contributed by atoms with Crippen molar-refractivity contribution in [1.82, 2.24) is 4.90 Å². The molecule has 20 heavy (non-hydrogen) atoms. The Bertz CT molecular complexity index is 484. The number of halogens is 2. The van der Waals surface area contributed by atoms with Gasteiger partial charge in [-0.15, -0.1) is 0 Å². The van der Waals surface area contributed by atoms with Gasteiger partial charge < -0.3 is 14.5 Å². The van der Waals surface area contributed by atoms with Crippen LogP contribution in [0.4, 0.5) is 4.39 Å². The molecule has 0 radical (unpaired) electrons. The van der Waals surface area contributed by atoms with Crippen LogP contribution in [-0.4, -0.2) is 50.6 Å². The molecule has 1 atom stereocenters. The minimum atomic E-state index is -0.424. The zero-order valence-electron chi connectivity index (χ0n) is 11.5. The first-order chi connectivity index (χ1) is 9.56. The van der Waals surface area contributed by atoms with E-state index in [-0.39, 0.29) is 17.5 Å². The van der Waals surface area contributed by atoms with Crippen LogP contribution in [0.15, 0.2) is 18.2 Å². The van der Waals surface area contributed by atoms with Crippen molar-refractivity contribution in [1.29, 1.82) is 0 Å². The Morgan fingerprint density at radius 1 is 1.45 bits per heavy atom. The van der Waals surface area contributed by atoms with E-state index in [1.165, 1.54) is 23.1 Å². The molecule has 1 aromatic rings. The van der Waals surface area contributed by atoms with Crippen LogP contribution in [0, 0.1) is 5.82 Å². The van der Waals surface area contributed by atoms with Crippen LogP contribution in [0.5, 0.6) is 5.75 Å². The molecule has 0 aromatic heterocycles. The molecule has 1 aliphatic rings. The summed E-state index contributed by atoms with van der Waals surface area (Å²) in [4.78, 5) is 15.3. The van der Waals surface area contributed by atoms with E-state index in [1.54, 1.807) is 0 Å². The van der Waals surface area contributed by atoms with Crippen molar-refractivity contribution in [3.63, 3.8) is 0 Å². The Morgan fingerprint density at radius 2 is 2.25 bits per heavy atom. The topological polar surface area (TPSA) is 34.0 Å². The number of hydrogen-bond acceptors (Lipinski definition) is 2. The Morgan fingerprint density at radius 3 is 3.00 bits per heavy atom. The van der Waals surface area contributed by atoms with Crippen LogP contribution in [0.25, 0.3) is 0 Å². The van der Waals surface area contributed by atoms with Gasteiger partial charge in [-0.3, -0.25) is 4.79 Å². The summed E-state index contributed by atoms with van der Waals surface area (Å²) in [5.41, 5.74) is 0. The standard InChI is InChI=1S/C14H18ClFN2O2/c1-17-5-2-6-18(8-7-17)14(19)10-20-13-4-3-11(16)9-12(13)15/h3-4,9H,2,5-8,10H2,1H3/p+1. The van der Waals surface area contributed by atoms with E-state index in [1.807, 2.05) is 4.90 Å². The highest BCUT2D eigenvalue weighted by molar-refractivity contribution is 6.32. The van der Waals surface area contributed by atoms with Gasteiger partial charge in [-0.1, -0.05) is 11.6 Å². The number of ether oxygens (including phenoxy) is 1. The summed E-state index contributed by atoms with van der Waals surface area (Å²) >= 11 is 5.85. The number of rotatable bonds is 3. The molecular weight excluding hydrogens is 283 g/mol. The van der Waals surface area contributed by atoms with Crippen molar-refractivity contribution in [3.8, 4) is 5.75 Å². The molecule has 1 fully saturated rings. The molecule has 1 aromatic carbocycles. The summed E-state index contributed by atoms with van der Waals surface area (Å²) in [5, 5.41) is 0.179. The average molecular weight is 302 g/mol. The molecule has 2 rings (SSSR count). The second-order valence-corrected chi connectivity index (χ2v) is 5.46. The van der Waals surface area contributed by atoms with Crippen LogP contribution < -0.4 is 9.64 Å². The number of likely N-dealkylation sites (N-methyl/N-ethyl adjacent to an activating group) is 1. The molecule has 1 aliphatic heterocycles. The number of nitrogens with one attached hydrogen (secondary N) is 1. The first-order valence-corrected chi connectivity index (χ1v) is 7.11. The number of carbonyl (C=O) groups is 1. The van der Waals surface area contributed by atoms with Crippen molar-refractivity contribution in [2.75, 3.05) is 39.8 Å². The highest BCUT2D eigenvalue weighted by Crippen LogP contribution is 2.24. The Labute approximate surface area is 123 Å². The maximum absolute atomic E-state index is 12.9. The van der Waals surface area contributed by atoms with Gasteiger partial charge in [0.15, 0.2) is 6.61 Å². The van der Waals surface area contributed by atoms with Gasteiger partial charge in [-0.25, -0.2) is 4.39 Å². The first-order valence-electron chi connectivity index (χ1n) is 6.73. The summed E-state index contributed by atoms with van der Waals surface area (Å²) in [7, 11) is 2.13. The monoisotopic (exact) mass is 301 g/mol. The van der Waals surface area contributed by atoms with Crippen LogP contribution in [0.2, 0.25) is 5.02 Å². The maximum Gasteiger partial charge on any atom is 0.260 e. The summed E-state index contributed by atoms with van der Waals surface area (Å²) in [6.07, 6.45) is 0.995. The third-order valence-electron chi connectivity index (χ3n) is 3.44. The molecule has 1 heterocycles.